The van der Waals surface area contributed by atoms with Crippen molar-refractivity contribution in [3.05, 3.63) is 65.7 Å². The van der Waals surface area contributed by atoms with Crippen LogP contribution in [-0.2, 0) is 22.2 Å². The molecule has 0 heterocycles. The van der Waals surface area contributed by atoms with Gasteiger partial charge in [0.2, 0.25) is 10.0 Å². The minimum atomic E-state index is -3.31. The molecule has 22 heavy (non-hydrogen) atoms. The Kier molecular flexibility index (Phi) is 5.57. The zero-order valence-corrected chi connectivity index (χ0v) is 13.7. The van der Waals surface area contributed by atoms with Crippen molar-refractivity contribution in [3.63, 3.8) is 0 Å². The minimum Gasteiger partial charge on any atom is -0.496 e. The molecule has 0 saturated heterocycles. The molecular weight excluding hydrogens is 298 g/mol. The predicted molar refractivity (Wildman–Crippen MR) is 88.4 cm³/mol. The fourth-order valence-corrected chi connectivity index (χ4v) is 3.43. The molecule has 2 aromatic rings. The molecule has 2 rings (SSSR count). The third-order valence-electron chi connectivity index (χ3n) is 3.56. The summed E-state index contributed by atoms with van der Waals surface area (Å²) in [5, 5.41) is 0. The van der Waals surface area contributed by atoms with Gasteiger partial charge in [-0.25, -0.2) is 12.7 Å². The Balaban J connectivity index is 2.00. The second-order valence-electron chi connectivity index (χ2n) is 5.13. The van der Waals surface area contributed by atoms with Gasteiger partial charge in [-0.05, 0) is 23.6 Å². The number of rotatable bonds is 7. The van der Waals surface area contributed by atoms with E-state index in [1.165, 1.54) is 4.31 Å². The number of ether oxygens (including phenoxy) is 1. The van der Waals surface area contributed by atoms with E-state index in [4.69, 9.17) is 4.74 Å². The van der Waals surface area contributed by atoms with Crippen molar-refractivity contribution < 1.29 is 13.2 Å². The van der Waals surface area contributed by atoms with Crippen LogP contribution in [0.4, 0.5) is 0 Å². The topological polar surface area (TPSA) is 46.6 Å². The Labute approximate surface area is 132 Å². The number of benzene rings is 2. The van der Waals surface area contributed by atoms with Gasteiger partial charge in [0.15, 0.2) is 0 Å². The molecule has 0 spiro atoms. The molecule has 4 nitrogen and oxygen atoms in total. The van der Waals surface area contributed by atoms with E-state index in [2.05, 4.69) is 0 Å². The number of hydrogen-bond acceptors (Lipinski definition) is 3. The standard InChI is InChI=1S/C17H21NO3S/c1-18(13-12-16-10-6-7-11-17(16)21-2)22(19,20)14-15-8-4-3-5-9-15/h3-11H,12-14H2,1-2H3. The summed E-state index contributed by atoms with van der Waals surface area (Å²) in [6, 6.07) is 16.9. The number of para-hydroxylation sites is 1. The SMILES string of the molecule is COc1ccccc1CCN(C)S(=O)(=O)Cc1ccccc1. The van der Waals surface area contributed by atoms with Crippen LogP contribution in [0.1, 0.15) is 11.1 Å². The van der Waals surface area contributed by atoms with E-state index >= 15 is 0 Å². The number of nitrogens with zero attached hydrogens (tertiary/aromatic N) is 1. The first kappa shape index (κ1) is 16.5. The number of hydrogen-bond donors (Lipinski definition) is 0. The van der Waals surface area contributed by atoms with Gasteiger partial charge < -0.3 is 4.74 Å². The molecule has 0 aromatic heterocycles. The highest BCUT2D eigenvalue weighted by atomic mass is 32.2. The highest BCUT2D eigenvalue weighted by Crippen LogP contribution is 2.18. The highest BCUT2D eigenvalue weighted by Gasteiger charge is 2.18. The van der Waals surface area contributed by atoms with Crippen LogP contribution in [-0.4, -0.2) is 33.4 Å². The first-order valence-corrected chi connectivity index (χ1v) is 8.73. The quantitative estimate of drug-likeness (QED) is 0.788. The third kappa shape index (κ3) is 4.32. The van der Waals surface area contributed by atoms with E-state index < -0.39 is 10.0 Å². The van der Waals surface area contributed by atoms with Gasteiger partial charge in [-0.1, -0.05) is 48.5 Å². The van der Waals surface area contributed by atoms with Crippen LogP contribution in [0.5, 0.6) is 5.75 Å². The van der Waals surface area contributed by atoms with Crippen LogP contribution in [0.25, 0.3) is 0 Å². The zero-order valence-electron chi connectivity index (χ0n) is 12.9. The summed E-state index contributed by atoms with van der Waals surface area (Å²) < 4.78 is 31.4. The van der Waals surface area contributed by atoms with Crippen molar-refractivity contribution in [1.29, 1.82) is 0 Å². The lowest BCUT2D eigenvalue weighted by atomic mass is 10.1. The molecule has 0 aliphatic carbocycles. The maximum absolute atomic E-state index is 12.4. The van der Waals surface area contributed by atoms with Crippen LogP contribution >= 0.6 is 0 Å². The lowest BCUT2D eigenvalue weighted by molar-refractivity contribution is 0.405. The van der Waals surface area contributed by atoms with Crippen molar-refractivity contribution in [2.75, 3.05) is 20.7 Å². The normalized spacial score (nSPS) is 11.6. The number of methoxy groups -OCH3 is 1. The van der Waals surface area contributed by atoms with Crippen LogP contribution < -0.4 is 4.74 Å². The molecule has 0 fully saturated rings. The molecule has 0 aliphatic rings. The monoisotopic (exact) mass is 319 g/mol. The van der Waals surface area contributed by atoms with E-state index in [0.717, 1.165) is 16.9 Å². The van der Waals surface area contributed by atoms with Crippen LogP contribution in [0.3, 0.4) is 0 Å². The molecule has 0 amide bonds. The molecule has 2 aromatic carbocycles. The molecule has 0 N–H and O–H groups in total. The van der Waals surface area contributed by atoms with E-state index in [1.807, 2.05) is 54.6 Å². The average Bonchev–Trinajstić information content (AvgIpc) is 2.53. The van der Waals surface area contributed by atoms with Gasteiger partial charge in [-0.2, -0.15) is 0 Å². The minimum absolute atomic E-state index is 0.0241. The van der Waals surface area contributed by atoms with Gasteiger partial charge in [-0.3, -0.25) is 0 Å². The molecule has 5 heteroatoms. The van der Waals surface area contributed by atoms with E-state index in [1.54, 1.807) is 14.2 Å². The van der Waals surface area contributed by atoms with E-state index in [-0.39, 0.29) is 5.75 Å². The Morgan fingerprint density at radius 1 is 1.00 bits per heavy atom. The van der Waals surface area contributed by atoms with Crippen molar-refractivity contribution in [1.82, 2.24) is 4.31 Å². The fraction of sp³-hybridized carbons (Fsp3) is 0.294. The smallest absolute Gasteiger partial charge is 0.218 e. The summed E-state index contributed by atoms with van der Waals surface area (Å²) in [7, 11) is -0.0721. The zero-order chi connectivity index (χ0) is 16.0. The Bertz CT molecular complexity index is 699. The van der Waals surface area contributed by atoms with E-state index in [0.29, 0.717) is 13.0 Å². The predicted octanol–water partition coefficient (Wildman–Crippen LogP) is 2.70. The maximum Gasteiger partial charge on any atom is 0.218 e. The highest BCUT2D eigenvalue weighted by molar-refractivity contribution is 7.88. The van der Waals surface area contributed by atoms with Crippen molar-refractivity contribution in [2.45, 2.75) is 12.2 Å². The molecule has 0 atom stereocenters. The molecular formula is C17H21NO3S. The summed E-state index contributed by atoms with van der Waals surface area (Å²) in [5.74, 6) is 0.812. The van der Waals surface area contributed by atoms with Crippen molar-refractivity contribution in [2.24, 2.45) is 0 Å². The maximum atomic E-state index is 12.4. The molecule has 0 aliphatic heterocycles. The Morgan fingerprint density at radius 3 is 2.32 bits per heavy atom. The van der Waals surface area contributed by atoms with Crippen LogP contribution in [0.15, 0.2) is 54.6 Å². The number of sulfonamides is 1. The van der Waals surface area contributed by atoms with Gasteiger partial charge in [0, 0.05) is 13.6 Å². The lowest BCUT2D eigenvalue weighted by Gasteiger charge is -2.18. The van der Waals surface area contributed by atoms with Gasteiger partial charge in [0.25, 0.3) is 0 Å². The summed E-state index contributed by atoms with van der Waals surface area (Å²) in [6.45, 7) is 0.426. The summed E-state index contributed by atoms with van der Waals surface area (Å²) in [6.07, 6.45) is 0.620. The fourth-order valence-electron chi connectivity index (χ4n) is 2.22. The summed E-state index contributed by atoms with van der Waals surface area (Å²) >= 11 is 0. The largest absolute Gasteiger partial charge is 0.496 e. The first-order valence-electron chi connectivity index (χ1n) is 7.13. The van der Waals surface area contributed by atoms with Gasteiger partial charge in [-0.15, -0.1) is 0 Å². The first-order chi connectivity index (χ1) is 10.5. The Hall–Kier alpha value is -1.85. The molecule has 0 unspecified atom stereocenters. The summed E-state index contributed by atoms with van der Waals surface area (Å²) in [5.41, 5.74) is 1.80. The second-order valence-corrected chi connectivity index (χ2v) is 7.20. The number of likely N-dealkylation sites (N-methyl/N-ethyl adjacent to an activating group) is 1. The summed E-state index contributed by atoms with van der Waals surface area (Å²) in [4.78, 5) is 0. The third-order valence-corrected chi connectivity index (χ3v) is 5.39. The Morgan fingerprint density at radius 2 is 1.64 bits per heavy atom. The second kappa shape index (κ2) is 7.42. The van der Waals surface area contributed by atoms with Crippen LogP contribution in [0, 0.1) is 0 Å². The average molecular weight is 319 g/mol. The molecule has 0 bridgehead atoms. The van der Waals surface area contributed by atoms with Crippen molar-refractivity contribution >= 4 is 10.0 Å². The molecule has 0 radical (unpaired) electrons. The molecule has 0 saturated carbocycles. The lowest BCUT2D eigenvalue weighted by Crippen LogP contribution is -2.30. The molecule has 118 valence electrons. The van der Waals surface area contributed by atoms with Gasteiger partial charge in [0.1, 0.15) is 5.75 Å². The van der Waals surface area contributed by atoms with Crippen molar-refractivity contribution in [3.8, 4) is 5.75 Å². The van der Waals surface area contributed by atoms with Gasteiger partial charge in [0.05, 0.1) is 12.9 Å². The van der Waals surface area contributed by atoms with Crippen LogP contribution in [0.2, 0.25) is 0 Å². The van der Waals surface area contributed by atoms with E-state index in [9.17, 15) is 8.42 Å². The van der Waals surface area contributed by atoms with Gasteiger partial charge >= 0.3 is 0 Å².